The first-order chi connectivity index (χ1) is 12.2. The van der Waals surface area contributed by atoms with Gasteiger partial charge in [-0.15, -0.1) is 18.3 Å². The molecule has 1 saturated heterocycles. The molecule has 0 aromatic heterocycles. The monoisotopic (exact) mass is 376 g/mol. The Morgan fingerprint density at radius 3 is 3.04 bits per heavy atom. The Morgan fingerprint density at radius 1 is 1.44 bits per heavy atom. The molecule has 1 amide bonds. The number of benzene rings is 1. The van der Waals surface area contributed by atoms with E-state index in [9.17, 15) is 9.18 Å². The number of allylic oxidation sites excluding steroid dienone is 2. The third-order valence-electron chi connectivity index (χ3n) is 4.02. The van der Waals surface area contributed by atoms with Crippen molar-refractivity contribution in [1.82, 2.24) is 4.90 Å². The van der Waals surface area contributed by atoms with E-state index in [1.54, 1.807) is 23.1 Å². The van der Waals surface area contributed by atoms with Crippen molar-refractivity contribution >= 4 is 40.3 Å². The molecule has 6 heteroatoms. The van der Waals surface area contributed by atoms with Gasteiger partial charge in [0.05, 0.1) is 10.9 Å². The summed E-state index contributed by atoms with van der Waals surface area (Å²) in [6.45, 7) is 4.36. The fourth-order valence-corrected chi connectivity index (χ4v) is 4.99. The second-order valence-electron chi connectivity index (χ2n) is 5.91. The zero-order valence-electron chi connectivity index (χ0n) is 14.0. The fourth-order valence-electron chi connectivity index (χ4n) is 2.76. The van der Waals surface area contributed by atoms with Crippen LogP contribution in [0.4, 0.5) is 10.1 Å². The minimum absolute atomic E-state index is 0.0708. The van der Waals surface area contributed by atoms with Crippen LogP contribution in [-0.2, 0) is 4.79 Å². The van der Waals surface area contributed by atoms with Gasteiger partial charge in [-0.05, 0) is 54.5 Å². The van der Waals surface area contributed by atoms with Crippen LogP contribution in [0.1, 0.15) is 25.7 Å². The minimum atomic E-state index is -0.325. The zero-order chi connectivity index (χ0) is 17.6. The highest BCUT2D eigenvalue weighted by Crippen LogP contribution is 2.33. The SMILES string of the molecule is C=CCC1SC(=Nc2cccc(F)c2)N(CCC2=CCCCS2)C1=O. The van der Waals surface area contributed by atoms with Crippen molar-refractivity contribution in [1.29, 1.82) is 0 Å². The number of carbonyl (C=O) groups is 1. The maximum Gasteiger partial charge on any atom is 0.242 e. The van der Waals surface area contributed by atoms with Gasteiger partial charge >= 0.3 is 0 Å². The van der Waals surface area contributed by atoms with Gasteiger partial charge in [0.2, 0.25) is 5.91 Å². The molecule has 3 rings (SSSR count). The Hall–Kier alpha value is -1.53. The highest BCUT2D eigenvalue weighted by Gasteiger charge is 2.37. The van der Waals surface area contributed by atoms with Gasteiger partial charge in [-0.1, -0.05) is 30.0 Å². The summed E-state index contributed by atoms with van der Waals surface area (Å²) >= 11 is 3.32. The molecule has 2 aliphatic rings. The lowest BCUT2D eigenvalue weighted by atomic mass is 10.2. The number of hydrogen-bond donors (Lipinski definition) is 0. The molecule has 1 aromatic carbocycles. The van der Waals surface area contributed by atoms with Crippen LogP contribution >= 0.6 is 23.5 Å². The molecule has 1 atom stereocenters. The van der Waals surface area contributed by atoms with Crippen molar-refractivity contribution in [3.8, 4) is 0 Å². The van der Waals surface area contributed by atoms with Crippen LogP contribution in [0.25, 0.3) is 0 Å². The summed E-state index contributed by atoms with van der Waals surface area (Å²) in [6.07, 6.45) is 7.83. The van der Waals surface area contributed by atoms with Crippen molar-refractivity contribution in [3.05, 3.63) is 53.7 Å². The molecule has 1 aromatic rings. The first-order valence-electron chi connectivity index (χ1n) is 8.42. The summed E-state index contributed by atoms with van der Waals surface area (Å²) in [5, 5.41) is 0.474. The molecule has 3 nitrogen and oxygen atoms in total. The van der Waals surface area contributed by atoms with Crippen LogP contribution in [0.15, 0.2) is 52.9 Å². The Morgan fingerprint density at radius 2 is 2.32 bits per heavy atom. The molecule has 2 heterocycles. The molecule has 132 valence electrons. The van der Waals surface area contributed by atoms with Crippen molar-refractivity contribution < 1.29 is 9.18 Å². The van der Waals surface area contributed by atoms with Gasteiger partial charge in [-0.25, -0.2) is 9.38 Å². The number of hydrogen-bond acceptors (Lipinski definition) is 4. The summed E-state index contributed by atoms with van der Waals surface area (Å²) in [7, 11) is 0. The van der Waals surface area contributed by atoms with E-state index in [0.29, 0.717) is 23.8 Å². The van der Waals surface area contributed by atoms with Gasteiger partial charge in [-0.3, -0.25) is 9.69 Å². The molecule has 0 spiro atoms. The number of amidine groups is 1. The lowest BCUT2D eigenvalue weighted by molar-refractivity contribution is -0.126. The van der Waals surface area contributed by atoms with Crippen LogP contribution in [0.5, 0.6) is 0 Å². The Labute approximate surface area is 156 Å². The first kappa shape index (κ1) is 18.3. The molecule has 0 aliphatic carbocycles. The number of carbonyl (C=O) groups excluding carboxylic acids is 1. The first-order valence-corrected chi connectivity index (χ1v) is 10.3. The van der Waals surface area contributed by atoms with Gasteiger partial charge in [0.25, 0.3) is 0 Å². The van der Waals surface area contributed by atoms with E-state index in [4.69, 9.17) is 0 Å². The van der Waals surface area contributed by atoms with Crippen LogP contribution in [-0.4, -0.2) is 33.5 Å². The van der Waals surface area contributed by atoms with Crippen LogP contribution in [0, 0.1) is 5.82 Å². The van der Waals surface area contributed by atoms with E-state index >= 15 is 0 Å². The maximum atomic E-state index is 13.4. The smallest absolute Gasteiger partial charge is 0.242 e. The van der Waals surface area contributed by atoms with Crippen LogP contribution in [0.2, 0.25) is 0 Å². The molecule has 1 fully saturated rings. The average molecular weight is 377 g/mol. The summed E-state index contributed by atoms with van der Waals surface area (Å²) in [6, 6.07) is 6.16. The van der Waals surface area contributed by atoms with E-state index in [1.165, 1.54) is 35.2 Å². The molecule has 25 heavy (non-hydrogen) atoms. The number of amides is 1. The lowest BCUT2D eigenvalue weighted by Gasteiger charge is -2.19. The molecular formula is C19H21FN2OS2. The van der Waals surface area contributed by atoms with E-state index in [0.717, 1.165) is 18.6 Å². The standard InChI is InChI=1S/C19H21FN2OS2/c1-2-6-17-18(23)22(11-10-16-9-3-4-12-24-16)19(25-17)21-15-8-5-7-14(20)13-15/h2,5,7-9,13,17H,1,3-4,6,10-12H2. The molecule has 2 aliphatic heterocycles. The summed E-state index contributed by atoms with van der Waals surface area (Å²) in [5.74, 6) is 0.897. The summed E-state index contributed by atoms with van der Waals surface area (Å²) < 4.78 is 13.4. The molecule has 1 unspecified atom stereocenters. The largest absolute Gasteiger partial charge is 0.290 e. The van der Waals surface area contributed by atoms with Crippen LogP contribution in [0.3, 0.4) is 0 Å². The van der Waals surface area contributed by atoms with Crippen molar-refractivity contribution in [2.45, 2.75) is 30.9 Å². The zero-order valence-corrected chi connectivity index (χ0v) is 15.6. The van der Waals surface area contributed by atoms with E-state index in [1.807, 2.05) is 11.8 Å². The molecule has 0 saturated carbocycles. The van der Waals surface area contributed by atoms with Crippen LogP contribution < -0.4 is 0 Å². The predicted molar refractivity (Wildman–Crippen MR) is 106 cm³/mol. The summed E-state index contributed by atoms with van der Waals surface area (Å²) in [5.41, 5.74) is 0.533. The highest BCUT2D eigenvalue weighted by molar-refractivity contribution is 8.15. The highest BCUT2D eigenvalue weighted by atomic mass is 32.2. The number of aliphatic imine (C=N–C) groups is 1. The lowest BCUT2D eigenvalue weighted by Crippen LogP contribution is -2.33. The number of thioether (sulfide) groups is 2. The topological polar surface area (TPSA) is 32.7 Å². The van der Waals surface area contributed by atoms with Crippen molar-refractivity contribution in [2.75, 3.05) is 12.3 Å². The summed E-state index contributed by atoms with van der Waals surface area (Å²) in [4.78, 5) is 20.3. The quantitative estimate of drug-likeness (QED) is 0.645. The molecule has 0 N–H and O–H groups in total. The fraction of sp³-hybridized carbons (Fsp3) is 0.368. The average Bonchev–Trinajstić information content (AvgIpc) is 2.89. The third kappa shape index (κ3) is 4.76. The maximum absolute atomic E-state index is 13.4. The number of halogens is 1. The Bertz CT molecular complexity index is 717. The minimum Gasteiger partial charge on any atom is -0.290 e. The van der Waals surface area contributed by atoms with E-state index < -0.39 is 0 Å². The Balaban J connectivity index is 1.78. The Kier molecular flexibility index (Phi) is 6.37. The number of nitrogens with zero attached hydrogens (tertiary/aromatic N) is 2. The third-order valence-corrected chi connectivity index (χ3v) is 6.46. The van der Waals surface area contributed by atoms with E-state index in [-0.39, 0.29) is 17.0 Å². The van der Waals surface area contributed by atoms with Crippen molar-refractivity contribution in [3.63, 3.8) is 0 Å². The predicted octanol–water partition coefficient (Wildman–Crippen LogP) is 5.13. The van der Waals surface area contributed by atoms with Gasteiger partial charge in [0, 0.05) is 6.54 Å². The molecule has 0 radical (unpaired) electrons. The molecule has 0 bridgehead atoms. The second-order valence-corrected chi connectivity index (χ2v) is 8.30. The molecular weight excluding hydrogens is 355 g/mol. The van der Waals surface area contributed by atoms with Gasteiger partial charge < -0.3 is 0 Å². The van der Waals surface area contributed by atoms with Crippen molar-refractivity contribution in [2.24, 2.45) is 4.99 Å². The normalized spacial score (nSPS) is 22.4. The van der Waals surface area contributed by atoms with Gasteiger partial charge in [-0.2, -0.15) is 0 Å². The number of rotatable bonds is 6. The van der Waals surface area contributed by atoms with Gasteiger partial charge in [0.15, 0.2) is 5.17 Å². The van der Waals surface area contributed by atoms with E-state index in [2.05, 4.69) is 17.6 Å². The van der Waals surface area contributed by atoms with Gasteiger partial charge in [0.1, 0.15) is 5.82 Å². The second kappa shape index (κ2) is 8.72.